The molecule has 0 saturated heterocycles. The van der Waals surface area contributed by atoms with Crippen LogP contribution in [0.2, 0.25) is 0 Å². The number of ether oxygens (including phenoxy) is 3. The Labute approximate surface area is 64.8 Å². The van der Waals surface area contributed by atoms with Crippen LogP contribution in [-0.4, -0.2) is 39.6 Å². The van der Waals surface area contributed by atoms with Crippen LogP contribution < -0.4 is 0 Å². The molecule has 0 aromatic rings. The van der Waals surface area contributed by atoms with Gasteiger partial charge < -0.3 is 14.2 Å². The Morgan fingerprint density at radius 3 is 1.36 bits per heavy atom. The fourth-order valence-corrected chi connectivity index (χ4v) is 1.20. The standard InChI is InChI=1S/C4H10O6S/c1-8-4(9-2,10-3)11(5,6)7/h1-3H3,(H,5,6,7). The van der Waals surface area contributed by atoms with Crippen LogP contribution in [0.5, 0.6) is 0 Å². The van der Waals surface area contributed by atoms with E-state index < -0.39 is 15.4 Å². The second-order valence-corrected chi connectivity index (χ2v) is 3.04. The Morgan fingerprint density at radius 2 is 1.36 bits per heavy atom. The van der Waals surface area contributed by atoms with Crippen molar-refractivity contribution < 1.29 is 27.2 Å². The summed E-state index contributed by atoms with van der Waals surface area (Å²) in [6.45, 7) is 0. The van der Waals surface area contributed by atoms with Crippen LogP contribution in [0.15, 0.2) is 0 Å². The molecule has 0 aromatic heterocycles. The maximum Gasteiger partial charge on any atom is 0.418 e. The molecule has 0 atom stereocenters. The van der Waals surface area contributed by atoms with E-state index in [9.17, 15) is 8.42 Å². The quantitative estimate of drug-likeness (QED) is 0.467. The highest BCUT2D eigenvalue weighted by molar-refractivity contribution is 7.86. The minimum absolute atomic E-state index is 1.03. The minimum Gasteiger partial charge on any atom is -0.316 e. The van der Waals surface area contributed by atoms with Crippen molar-refractivity contribution in [3.8, 4) is 0 Å². The van der Waals surface area contributed by atoms with Crippen molar-refractivity contribution in [2.75, 3.05) is 21.3 Å². The molecule has 0 heterocycles. The van der Waals surface area contributed by atoms with E-state index in [1.54, 1.807) is 0 Å². The SMILES string of the molecule is COC(OC)(OC)S(=O)(=O)O. The number of rotatable bonds is 4. The van der Waals surface area contributed by atoms with E-state index in [4.69, 9.17) is 4.55 Å². The van der Waals surface area contributed by atoms with Crippen molar-refractivity contribution in [1.82, 2.24) is 0 Å². The van der Waals surface area contributed by atoms with Crippen molar-refractivity contribution in [2.24, 2.45) is 0 Å². The smallest absolute Gasteiger partial charge is 0.316 e. The van der Waals surface area contributed by atoms with Crippen LogP contribution in [-0.2, 0) is 24.3 Å². The van der Waals surface area contributed by atoms with Crippen LogP contribution in [0.4, 0.5) is 0 Å². The van der Waals surface area contributed by atoms with Gasteiger partial charge in [-0.05, 0) is 0 Å². The molecule has 0 aliphatic heterocycles. The molecule has 11 heavy (non-hydrogen) atoms. The highest BCUT2D eigenvalue weighted by atomic mass is 32.2. The monoisotopic (exact) mass is 186 g/mol. The largest absolute Gasteiger partial charge is 0.418 e. The summed E-state index contributed by atoms with van der Waals surface area (Å²) in [5.74, 6) is 0. The summed E-state index contributed by atoms with van der Waals surface area (Å²) in [4.78, 5) is 0. The summed E-state index contributed by atoms with van der Waals surface area (Å²) in [6.07, 6.45) is 0. The van der Waals surface area contributed by atoms with Crippen LogP contribution in [0.3, 0.4) is 0 Å². The van der Waals surface area contributed by atoms with Crippen molar-refractivity contribution in [1.29, 1.82) is 0 Å². The van der Waals surface area contributed by atoms with E-state index in [1.807, 2.05) is 0 Å². The number of hydrogen-bond acceptors (Lipinski definition) is 5. The van der Waals surface area contributed by atoms with E-state index in [-0.39, 0.29) is 0 Å². The first-order valence-electron chi connectivity index (χ1n) is 2.56. The molecule has 0 unspecified atom stereocenters. The maximum absolute atomic E-state index is 10.5. The number of methoxy groups -OCH3 is 3. The van der Waals surface area contributed by atoms with Crippen molar-refractivity contribution in [3.05, 3.63) is 0 Å². The molecule has 0 aliphatic carbocycles. The van der Waals surface area contributed by atoms with Gasteiger partial charge in [0.1, 0.15) is 0 Å². The zero-order chi connectivity index (χ0) is 9.12. The second-order valence-electron chi connectivity index (χ2n) is 1.59. The third-order valence-corrected chi connectivity index (χ3v) is 2.20. The summed E-state index contributed by atoms with van der Waals surface area (Å²) in [5, 5.41) is -2.41. The minimum atomic E-state index is -4.54. The van der Waals surface area contributed by atoms with E-state index in [0.717, 1.165) is 21.3 Å². The van der Waals surface area contributed by atoms with Crippen molar-refractivity contribution >= 4 is 10.1 Å². The molecule has 0 aromatic carbocycles. The van der Waals surface area contributed by atoms with Crippen LogP contribution in [0, 0.1) is 0 Å². The summed E-state index contributed by atoms with van der Waals surface area (Å²) < 4.78 is 42.5. The molecule has 0 radical (unpaired) electrons. The van der Waals surface area contributed by atoms with Gasteiger partial charge in [-0.2, -0.15) is 8.42 Å². The average Bonchev–Trinajstić information content (AvgIpc) is 1.90. The topological polar surface area (TPSA) is 82.1 Å². The molecule has 6 nitrogen and oxygen atoms in total. The fraction of sp³-hybridized carbons (Fsp3) is 1.00. The predicted molar refractivity (Wildman–Crippen MR) is 35.3 cm³/mol. The Bertz CT molecular complexity index is 194. The van der Waals surface area contributed by atoms with Gasteiger partial charge in [-0.15, -0.1) is 0 Å². The Balaban J connectivity index is 4.86. The summed E-state index contributed by atoms with van der Waals surface area (Å²) in [7, 11) is -1.46. The summed E-state index contributed by atoms with van der Waals surface area (Å²) >= 11 is 0. The van der Waals surface area contributed by atoms with Gasteiger partial charge in [0.05, 0.1) is 0 Å². The molecular weight excluding hydrogens is 176 g/mol. The van der Waals surface area contributed by atoms with Crippen LogP contribution >= 0.6 is 0 Å². The first-order chi connectivity index (χ1) is 4.93. The lowest BCUT2D eigenvalue weighted by Gasteiger charge is -2.24. The molecule has 0 fully saturated rings. The van der Waals surface area contributed by atoms with Gasteiger partial charge in [0.15, 0.2) is 0 Å². The van der Waals surface area contributed by atoms with Gasteiger partial charge in [-0.25, -0.2) is 0 Å². The van der Waals surface area contributed by atoms with Gasteiger partial charge >= 0.3 is 15.4 Å². The Morgan fingerprint density at radius 1 is 1.09 bits per heavy atom. The Hall–Kier alpha value is -0.210. The van der Waals surface area contributed by atoms with Gasteiger partial charge in [0.2, 0.25) is 0 Å². The van der Waals surface area contributed by atoms with Gasteiger partial charge in [-0.1, -0.05) is 0 Å². The zero-order valence-corrected chi connectivity index (χ0v) is 7.21. The van der Waals surface area contributed by atoms with Crippen molar-refractivity contribution in [2.45, 2.75) is 5.31 Å². The van der Waals surface area contributed by atoms with E-state index in [2.05, 4.69) is 14.2 Å². The molecular formula is C4H10O6S. The summed E-state index contributed by atoms with van der Waals surface area (Å²) in [6, 6.07) is 0. The first kappa shape index (κ1) is 10.8. The van der Waals surface area contributed by atoms with Gasteiger partial charge in [0, 0.05) is 21.3 Å². The summed E-state index contributed by atoms with van der Waals surface area (Å²) in [5.41, 5.74) is 0. The normalized spacial score (nSPS) is 13.5. The average molecular weight is 186 g/mol. The molecule has 7 heteroatoms. The van der Waals surface area contributed by atoms with Gasteiger partial charge in [0.25, 0.3) is 0 Å². The van der Waals surface area contributed by atoms with E-state index in [0.29, 0.717) is 0 Å². The maximum atomic E-state index is 10.5. The zero-order valence-electron chi connectivity index (χ0n) is 6.40. The predicted octanol–water partition coefficient (Wildman–Crippen LogP) is -0.575. The van der Waals surface area contributed by atoms with Crippen molar-refractivity contribution in [3.63, 3.8) is 0 Å². The number of hydrogen-bond donors (Lipinski definition) is 1. The molecule has 0 amide bonds. The van der Waals surface area contributed by atoms with E-state index >= 15 is 0 Å². The highest BCUT2D eigenvalue weighted by Gasteiger charge is 2.45. The molecule has 0 saturated carbocycles. The van der Waals surface area contributed by atoms with E-state index in [1.165, 1.54) is 0 Å². The lowest BCUT2D eigenvalue weighted by Crippen LogP contribution is -2.44. The highest BCUT2D eigenvalue weighted by Crippen LogP contribution is 2.18. The van der Waals surface area contributed by atoms with Crippen LogP contribution in [0.25, 0.3) is 0 Å². The molecule has 0 spiro atoms. The molecule has 0 rings (SSSR count). The lowest BCUT2D eigenvalue weighted by molar-refractivity contribution is -0.293. The third-order valence-electron chi connectivity index (χ3n) is 1.07. The molecule has 0 aliphatic rings. The molecule has 0 bridgehead atoms. The third kappa shape index (κ3) is 1.88. The molecule has 1 N–H and O–H groups in total. The lowest BCUT2D eigenvalue weighted by atomic mass is 11.2. The first-order valence-corrected chi connectivity index (χ1v) is 4.00. The Kier molecular flexibility index (Phi) is 3.39. The fourth-order valence-electron chi connectivity index (χ4n) is 0.566. The molecule has 68 valence electrons. The van der Waals surface area contributed by atoms with Crippen LogP contribution in [0.1, 0.15) is 0 Å². The second kappa shape index (κ2) is 3.46. The van der Waals surface area contributed by atoms with Gasteiger partial charge in [-0.3, -0.25) is 4.55 Å².